The van der Waals surface area contributed by atoms with Gasteiger partial charge in [-0.2, -0.15) is 0 Å². The van der Waals surface area contributed by atoms with Gasteiger partial charge in [-0.05, 0) is 12.5 Å². The van der Waals surface area contributed by atoms with Gasteiger partial charge in [0, 0.05) is 25.0 Å². The number of rotatable bonds is 5. The minimum atomic E-state index is -3.62. The highest BCUT2D eigenvalue weighted by Crippen LogP contribution is 2.41. The van der Waals surface area contributed by atoms with Crippen LogP contribution in [0.5, 0.6) is 0 Å². The van der Waals surface area contributed by atoms with Crippen LogP contribution in [0.3, 0.4) is 0 Å². The number of piperidine rings is 1. The van der Waals surface area contributed by atoms with Crippen LogP contribution >= 0.6 is 0 Å². The number of benzene rings is 1. The predicted molar refractivity (Wildman–Crippen MR) is 93.2 cm³/mol. The molecule has 0 aliphatic carbocycles. The van der Waals surface area contributed by atoms with Gasteiger partial charge in [-0.1, -0.05) is 37.3 Å². The lowest BCUT2D eigenvalue weighted by Gasteiger charge is -2.46. The first-order valence-corrected chi connectivity index (χ1v) is 10.2. The third kappa shape index (κ3) is 4.91. The molecule has 146 valence electrons. The summed E-state index contributed by atoms with van der Waals surface area (Å²) in [5.41, 5.74) is 0.791. The molecule has 1 aliphatic rings. The number of carbonyl (C=O) groups is 1. The first kappa shape index (κ1) is 20.6. The van der Waals surface area contributed by atoms with Gasteiger partial charge < -0.3 is 9.64 Å². The van der Waals surface area contributed by atoms with Crippen molar-refractivity contribution in [2.24, 2.45) is 11.8 Å². The largest absolute Gasteiger partial charge is 0.445 e. The van der Waals surface area contributed by atoms with Crippen LogP contribution in [0.25, 0.3) is 0 Å². The average molecular weight is 390 g/mol. The van der Waals surface area contributed by atoms with Crippen LogP contribution in [-0.2, 0) is 21.4 Å². The van der Waals surface area contributed by atoms with Crippen molar-refractivity contribution >= 4 is 16.1 Å². The molecule has 3 atom stereocenters. The first-order valence-electron chi connectivity index (χ1n) is 8.32. The van der Waals surface area contributed by atoms with Crippen molar-refractivity contribution in [2.75, 3.05) is 19.3 Å². The van der Waals surface area contributed by atoms with Crippen molar-refractivity contribution in [1.29, 1.82) is 0 Å². The van der Waals surface area contributed by atoms with Gasteiger partial charge in [0.25, 0.3) is 5.92 Å². The molecule has 1 amide bonds. The lowest BCUT2D eigenvalue weighted by atomic mass is 9.81. The van der Waals surface area contributed by atoms with E-state index in [0.717, 1.165) is 11.8 Å². The van der Waals surface area contributed by atoms with Crippen LogP contribution < -0.4 is 4.72 Å². The second-order valence-corrected chi connectivity index (χ2v) is 8.57. The summed E-state index contributed by atoms with van der Waals surface area (Å²) in [5.74, 6) is -5.56. The lowest BCUT2D eigenvalue weighted by Crippen LogP contribution is -2.61. The van der Waals surface area contributed by atoms with Crippen molar-refractivity contribution in [3.05, 3.63) is 35.9 Å². The third-order valence-corrected chi connectivity index (χ3v) is 5.39. The van der Waals surface area contributed by atoms with E-state index in [9.17, 15) is 22.0 Å². The Morgan fingerprint density at radius 1 is 1.31 bits per heavy atom. The highest BCUT2D eigenvalue weighted by atomic mass is 32.2. The summed E-state index contributed by atoms with van der Waals surface area (Å²) in [4.78, 5) is 13.7. The van der Waals surface area contributed by atoms with E-state index in [-0.39, 0.29) is 13.2 Å². The van der Waals surface area contributed by atoms with Crippen molar-refractivity contribution in [3.8, 4) is 0 Å². The maximum atomic E-state index is 14.6. The molecule has 1 aliphatic heterocycles. The van der Waals surface area contributed by atoms with E-state index in [1.54, 1.807) is 12.1 Å². The number of hydrogen-bond donors (Lipinski definition) is 1. The molecule has 0 aromatic heterocycles. The van der Waals surface area contributed by atoms with E-state index in [4.69, 9.17) is 4.74 Å². The Bertz CT molecular complexity index is 728. The number of nitrogens with zero attached hydrogens (tertiary/aromatic N) is 1. The van der Waals surface area contributed by atoms with E-state index >= 15 is 0 Å². The number of carbonyl (C=O) groups excluding carboxylic acids is 1. The average Bonchev–Trinajstić information content (AvgIpc) is 2.55. The van der Waals surface area contributed by atoms with Crippen molar-refractivity contribution < 1.29 is 26.7 Å². The Morgan fingerprint density at radius 3 is 2.50 bits per heavy atom. The van der Waals surface area contributed by atoms with E-state index < -0.39 is 46.5 Å². The molecule has 1 aromatic rings. The highest BCUT2D eigenvalue weighted by Gasteiger charge is 2.54. The molecule has 0 radical (unpaired) electrons. The number of sulfonamides is 1. The van der Waals surface area contributed by atoms with Crippen molar-refractivity contribution in [1.82, 2.24) is 9.62 Å². The minimum absolute atomic E-state index is 0.0416. The number of hydrogen-bond acceptors (Lipinski definition) is 4. The molecular weight excluding hydrogens is 366 g/mol. The SMILES string of the molecule is CC1CN(C(=O)OCc2ccccc2)[C@@H](C)C(CNS(C)(=O)=O)C1(F)F. The number of alkyl halides is 2. The molecule has 1 heterocycles. The second kappa shape index (κ2) is 7.87. The molecule has 1 fully saturated rings. The molecule has 0 saturated carbocycles. The maximum Gasteiger partial charge on any atom is 0.410 e. The van der Waals surface area contributed by atoms with Crippen LogP contribution in [0.2, 0.25) is 0 Å². The van der Waals surface area contributed by atoms with Crippen LogP contribution in [0.1, 0.15) is 19.4 Å². The summed E-state index contributed by atoms with van der Waals surface area (Å²) in [5, 5.41) is 0. The van der Waals surface area contributed by atoms with Crippen LogP contribution in [-0.4, -0.2) is 50.7 Å². The normalized spacial score (nSPS) is 25.7. The zero-order chi connectivity index (χ0) is 19.5. The predicted octanol–water partition coefficient (Wildman–Crippen LogP) is 2.46. The summed E-state index contributed by atoms with van der Waals surface area (Å²) in [6, 6.07) is 8.16. The maximum absolute atomic E-state index is 14.6. The topological polar surface area (TPSA) is 75.7 Å². The van der Waals surface area contributed by atoms with Gasteiger partial charge in [0.2, 0.25) is 10.0 Å². The summed E-state index contributed by atoms with van der Waals surface area (Å²) in [6.07, 6.45) is 0.224. The first-order chi connectivity index (χ1) is 12.0. The summed E-state index contributed by atoms with van der Waals surface area (Å²) in [7, 11) is -3.62. The molecular formula is C17H24F2N2O4S. The zero-order valence-electron chi connectivity index (χ0n) is 15.0. The Hall–Kier alpha value is -1.74. The number of amides is 1. The van der Waals surface area contributed by atoms with Gasteiger partial charge in [-0.15, -0.1) is 0 Å². The Balaban J connectivity index is 2.09. The van der Waals surface area contributed by atoms with E-state index in [1.807, 2.05) is 18.2 Å². The molecule has 1 saturated heterocycles. The van der Waals surface area contributed by atoms with E-state index in [0.29, 0.717) is 0 Å². The standard InChI is InChI=1S/C17H24F2N2O4S/c1-12-10-21(16(22)25-11-14-7-5-4-6-8-14)13(2)15(17(12,18)19)9-20-26(3,23)24/h4-8,12-13,15,20H,9-11H2,1-3H3/t12?,13-,15?/m0/s1. The molecule has 26 heavy (non-hydrogen) atoms. The van der Waals surface area contributed by atoms with Crippen LogP contribution in [0.15, 0.2) is 30.3 Å². The zero-order valence-corrected chi connectivity index (χ0v) is 15.8. The molecule has 9 heteroatoms. The summed E-state index contributed by atoms with van der Waals surface area (Å²) >= 11 is 0. The highest BCUT2D eigenvalue weighted by molar-refractivity contribution is 7.88. The second-order valence-electron chi connectivity index (χ2n) is 6.74. The number of likely N-dealkylation sites (tertiary alicyclic amines) is 1. The van der Waals surface area contributed by atoms with Gasteiger partial charge in [0.1, 0.15) is 6.61 Å². The Kier molecular flexibility index (Phi) is 6.23. The summed E-state index contributed by atoms with van der Waals surface area (Å²) < 4.78 is 59.1. The monoisotopic (exact) mass is 390 g/mol. The van der Waals surface area contributed by atoms with Gasteiger partial charge in [0.05, 0.1) is 12.2 Å². The van der Waals surface area contributed by atoms with E-state index in [1.165, 1.54) is 18.7 Å². The molecule has 1 N–H and O–H groups in total. The molecule has 1 aromatic carbocycles. The Labute approximate surface area is 152 Å². The van der Waals surface area contributed by atoms with E-state index in [2.05, 4.69) is 4.72 Å². The fraction of sp³-hybridized carbons (Fsp3) is 0.588. The molecule has 2 unspecified atom stereocenters. The Morgan fingerprint density at radius 2 is 1.92 bits per heavy atom. The summed E-state index contributed by atoms with van der Waals surface area (Å²) in [6.45, 7) is 2.27. The number of halogens is 2. The van der Waals surface area contributed by atoms with Gasteiger partial charge in [-0.3, -0.25) is 0 Å². The van der Waals surface area contributed by atoms with Crippen molar-refractivity contribution in [2.45, 2.75) is 32.4 Å². The van der Waals surface area contributed by atoms with Crippen LogP contribution in [0, 0.1) is 11.8 Å². The lowest BCUT2D eigenvalue weighted by molar-refractivity contribution is -0.156. The smallest absolute Gasteiger partial charge is 0.410 e. The van der Waals surface area contributed by atoms with Gasteiger partial charge in [-0.25, -0.2) is 26.7 Å². The molecule has 0 spiro atoms. The number of nitrogens with one attached hydrogen (secondary N) is 1. The van der Waals surface area contributed by atoms with Gasteiger partial charge >= 0.3 is 6.09 Å². The molecule has 0 bridgehead atoms. The van der Waals surface area contributed by atoms with Crippen LogP contribution in [0.4, 0.5) is 13.6 Å². The number of ether oxygens (including phenoxy) is 1. The fourth-order valence-corrected chi connectivity index (χ4v) is 3.56. The third-order valence-electron chi connectivity index (χ3n) is 4.70. The molecule has 2 rings (SSSR count). The fourth-order valence-electron chi connectivity index (χ4n) is 3.08. The molecule has 6 nitrogen and oxygen atoms in total. The quantitative estimate of drug-likeness (QED) is 0.838. The van der Waals surface area contributed by atoms with Crippen molar-refractivity contribution in [3.63, 3.8) is 0 Å². The minimum Gasteiger partial charge on any atom is -0.445 e. The van der Waals surface area contributed by atoms with Gasteiger partial charge in [0.15, 0.2) is 0 Å².